The van der Waals surface area contributed by atoms with Crippen LogP contribution in [0.15, 0.2) is 42.7 Å². The molecule has 0 aliphatic carbocycles. The maximum absolute atomic E-state index is 12.3. The lowest BCUT2D eigenvalue weighted by atomic mass is 10.1. The van der Waals surface area contributed by atoms with Crippen LogP contribution >= 0.6 is 0 Å². The van der Waals surface area contributed by atoms with Gasteiger partial charge in [0.15, 0.2) is 5.78 Å². The molecule has 0 unspecified atom stereocenters. The molecule has 1 saturated heterocycles. The lowest BCUT2D eigenvalue weighted by Crippen LogP contribution is -2.48. The fourth-order valence-corrected chi connectivity index (χ4v) is 2.93. The minimum Gasteiger partial charge on any atom is -0.365 e. The van der Waals surface area contributed by atoms with E-state index in [0.29, 0.717) is 18.7 Å². The molecule has 3 rings (SSSR count). The molecule has 0 radical (unpaired) electrons. The van der Waals surface area contributed by atoms with Crippen molar-refractivity contribution in [1.29, 1.82) is 0 Å². The first-order chi connectivity index (χ1) is 11.6. The molecule has 6 heteroatoms. The highest BCUT2D eigenvalue weighted by Gasteiger charge is 2.22. The van der Waals surface area contributed by atoms with Gasteiger partial charge in [-0.2, -0.15) is 5.10 Å². The van der Waals surface area contributed by atoms with E-state index in [1.165, 1.54) is 0 Å². The molecule has 1 amide bonds. The average molecular weight is 326 g/mol. The Morgan fingerprint density at radius 3 is 2.38 bits per heavy atom. The van der Waals surface area contributed by atoms with Crippen molar-refractivity contribution in [1.82, 2.24) is 14.7 Å². The number of carbonyl (C=O) groups is 2. The van der Waals surface area contributed by atoms with Crippen LogP contribution in [0.4, 0.5) is 5.69 Å². The first-order valence-corrected chi connectivity index (χ1v) is 8.23. The van der Waals surface area contributed by atoms with E-state index >= 15 is 0 Å². The number of anilines is 1. The van der Waals surface area contributed by atoms with Gasteiger partial charge in [-0.1, -0.05) is 30.3 Å². The van der Waals surface area contributed by atoms with Crippen LogP contribution in [0.2, 0.25) is 0 Å². The van der Waals surface area contributed by atoms with Crippen LogP contribution in [0.5, 0.6) is 0 Å². The molecule has 1 aromatic carbocycles. The number of amides is 1. The standard InChI is InChI=1S/C18H22N4O2/c1-20-14-16(13-19-20)21-9-11-22(12-10-21)18(24)8-7-17(23)15-5-3-2-4-6-15/h2-6,13-14H,7-12H2,1H3. The zero-order chi connectivity index (χ0) is 16.9. The summed E-state index contributed by atoms with van der Waals surface area (Å²) in [5, 5.41) is 4.18. The highest BCUT2D eigenvalue weighted by molar-refractivity contribution is 5.97. The number of aromatic nitrogens is 2. The first-order valence-electron chi connectivity index (χ1n) is 8.23. The third kappa shape index (κ3) is 3.82. The number of nitrogens with zero attached hydrogens (tertiary/aromatic N) is 4. The van der Waals surface area contributed by atoms with E-state index in [9.17, 15) is 9.59 Å². The van der Waals surface area contributed by atoms with Crippen molar-refractivity contribution in [2.75, 3.05) is 31.1 Å². The zero-order valence-electron chi connectivity index (χ0n) is 13.9. The van der Waals surface area contributed by atoms with E-state index in [0.717, 1.165) is 18.8 Å². The number of hydrogen-bond acceptors (Lipinski definition) is 4. The summed E-state index contributed by atoms with van der Waals surface area (Å²) in [6, 6.07) is 9.14. The summed E-state index contributed by atoms with van der Waals surface area (Å²) < 4.78 is 1.78. The number of aryl methyl sites for hydroxylation is 1. The predicted molar refractivity (Wildman–Crippen MR) is 92.0 cm³/mol. The Morgan fingerprint density at radius 2 is 1.75 bits per heavy atom. The zero-order valence-corrected chi connectivity index (χ0v) is 13.9. The average Bonchev–Trinajstić information content (AvgIpc) is 3.06. The Bertz CT molecular complexity index is 703. The van der Waals surface area contributed by atoms with Gasteiger partial charge in [0.1, 0.15) is 0 Å². The van der Waals surface area contributed by atoms with Crippen molar-refractivity contribution >= 4 is 17.4 Å². The van der Waals surface area contributed by atoms with Gasteiger partial charge in [-0.05, 0) is 0 Å². The van der Waals surface area contributed by atoms with Gasteiger partial charge in [-0.3, -0.25) is 14.3 Å². The molecule has 1 aliphatic rings. The van der Waals surface area contributed by atoms with Gasteiger partial charge in [-0.25, -0.2) is 0 Å². The lowest BCUT2D eigenvalue weighted by molar-refractivity contribution is -0.131. The Morgan fingerprint density at radius 1 is 1.04 bits per heavy atom. The second-order valence-corrected chi connectivity index (χ2v) is 6.03. The number of ketones is 1. The minimum atomic E-state index is 0.0259. The summed E-state index contributed by atoms with van der Waals surface area (Å²) in [6.07, 6.45) is 4.37. The normalized spacial score (nSPS) is 14.7. The van der Waals surface area contributed by atoms with E-state index in [1.54, 1.807) is 16.8 Å². The molecule has 2 heterocycles. The SMILES string of the molecule is Cn1cc(N2CCN(C(=O)CCC(=O)c3ccccc3)CC2)cn1. The van der Waals surface area contributed by atoms with E-state index in [1.807, 2.05) is 42.5 Å². The van der Waals surface area contributed by atoms with Crippen molar-refractivity contribution < 1.29 is 9.59 Å². The number of Topliss-reactive ketones (excluding diaryl/α,β-unsaturated/α-hetero) is 1. The number of hydrogen-bond donors (Lipinski definition) is 0. The Kier molecular flexibility index (Phi) is 4.93. The highest BCUT2D eigenvalue weighted by Crippen LogP contribution is 2.16. The largest absolute Gasteiger partial charge is 0.365 e. The topological polar surface area (TPSA) is 58.4 Å². The maximum atomic E-state index is 12.3. The molecule has 0 saturated carbocycles. The number of carbonyl (C=O) groups excluding carboxylic acids is 2. The van der Waals surface area contributed by atoms with Gasteiger partial charge in [0.05, 0.1) is 11.9 Å². The van der Waals surface area contributed by atoms with Gasteiger partial charge in [-0.15, -0.1) is 0 Å². The van der Waals surface area contributed by atoms with Crippen LogP contribution < -0.4 is 4.90 Å². The molecule has 1 fully saturated rings. The third-order valence-electron chi connectivity index (χ3n) is 4.35. The Hall–Kier alpha value is -2.63. The maximum Gasteiger partial charge on any atom is 0.223 e. The molecule has 0 bridgehead atoms. The van der Waals surface area contributed by atoms with Crippen LogP contribution in [0, 0.1) is 0 Å². The Balaban J connectivity index is 1.46. The fourth-order valence-electron chi connectivity index (χ4n) is 2.93. The van der Waals surface area contributed by atoms with Gasteiger partial charge in [0, 0.05) is 57.8 Å². The van der Waals surface area contributed by atoms with E-state index in [-0.39, 0.29) is 24.5 Å². The summed E-state index contributed by atoms with van der Waals surface area (Å²) in [6.45, 7) is 2.97. The Labute approximate surface area is 141 Å². The van der Waals surface area contributed by atoms with E-state index in [4.69, 9.17) is 0 Å². The van der Waals surface area contributed by atoms with Crippen molar-refractivity contribution in [2.24, 2.45) is 7.05 Å². The quantitative estimate of drug-likeness (QED) is 0.785. The van der Waals surface area contributed by atoms with Gasteiger partial charge in [0.25, 0.3) is 0 Å². The molecule has 2 aromatic rings. The molecule has 0 N–H and O–H groups in total. The first kappa shape index (κ1) is 16.2. The summed E-state index contributed by atoms with van der Waals surface area (Å²) >= 11 is 0. The molecule has 6 nitrogen and oxygen atoms in total. The molecule has 126 valence electrons. The van der Waals surface area contributed by atoms with Crippen molar-refractivity contribution in [3.8, 4) is 0 Å². The molecule has 0 spiro atoms. The van der Waals surface area contributed by atoms with E-state index < -0.39 is 0 Å². The highest BCUT2D eigenvalue weighted by atomic mass is 16.2. The summed E-state index contributed by atoms with van der Waals surface area (Å²) in [4.78, 5) is 28.5. The van der Waals surface area contributed by atoms with Gasteiger partial charge >= 0.3 is 0 Å². The smallest absolute Gasteiger partial charge is 0.223 e. The second-order valence-electron chi connectivity index (χ2n) is 6.03. The lowest BCUT2D eigenvalue weighted by Gasteiger charge is -2.35. The summed E-state index contributed by atoms with van der Waals surface area (Å²) in [5.41, 5.74) is 1.76. The predicted octanol–water partition coefficient (Wildman–Crippen LogP) is 1.73. The van der Waals surface area contributed by atoms with Gasteiger partial charge < -0.3 is 9.80 Å². The van der Waals surface area contributed by atoms with Crippen LogP contribution in [-0.2, 0) is 11.8 Å². The van der Waals surface area contributed by atoms with Crippen LogP contribution in [0.25, 0.3) is 0 Å². The van der Waals surface area contributed by atoms with Gasteiger partial charge in [0.2, 0.25) is 5.91 Å². The summed E-state index contributed by atoms with van der Waals surface area (Å²) in [5.74, 6) is 0.0862. The van der Waals surface area contributed by atoms with Crippen molar-refractivity contribution in [2.45, 2.75) is 12.8 Å². The van der Waals surface area contributed by atoms with E-state index in [2.05, 4.69) is 10.00 Å². The van der Waals surface area contributed by atoms with Crippen molar-refractivity contribution in [3.63, 3.8) is 0 Å². The fraction of sp³-hybridized carbons (Fsp3) is 0.389. The second kappa shape index (κ2) is 7.29. The molecule has 1 aliphatic heterocycles. The molecular formula is C18H22N4O2. The molecule has 0 atom stereocenters. The summed E-state index contributed by atoms with van der Waals surface area (Å²) in [7, 11) is 1.90. The number of benzene rings is 1. The van der Waals surface area contributed by atoms with Crippen LogP contribution in [0.1, 0.15) is 23.2 Å². The van der Waals surface area contributed by atoms with Crippen LogP contribution in [-0.4, -0.2) is 52.5 Å². The third-order valence-corrected chi connectivity index (χ3v) is 4.35. The van der Waals surface area contributed by atoms with Crippen LogP contribution in [0.3, 0.4) is 0 Å². The van der Waals surface area contributed by atoms with Crippen molar-refractivity contribution in [3.05, 3.63) is 48.3 Å². The number of piperazine rings is 1. The molecular weight excluding hydrogens is 304 g/mol. The molecule has 24 heavy (non-hydrogen) atoms. The number of rotatable bonds is 5. The minimum absolute atomic E-state index is 0.0259. The molecule has 1 aromatic heterocycles. The monoisotopic (exact) mass is 326 g/mol.